The SMILES string of the molecule is COc1ccccc1OCCOc1ccc(/C=C2\SC(=S)NC2=O)cc1OC. The van der Waals surface area contributed by atoms with Gasteiger partial charge in [-0.15, -0.1) is 0 Å². The van der Waals surface area contributed by atoms with E-state index in [2.05, 4.69) is 5.32 Å². The van der Waals surface area contributed by atoms with Crippen molar-refractivity contribution in [1.82, 2.24) is 5.32 Å². The van der Waals surface area contributed by atoms with Crippen molar-refractivity contribution in [2.45, 2.75) is 0 Å². The van der Waals surface area contributed by atoms with Gasteiger partial charge >= 0.3 is 0 Å². The van der Waals surface area contributed by atoms with Gasteiger partial charge in [-0.05, 0) is 35.9 Å². The number of rotatable bonds is 8. The Morgan fingerprint density at radius 2 is 1.61 bits per heavy atom. The summed E-state index contributed by atoms with van der Waals surface area (Å²) in [5, 5.41) is 2.59. The molecule has 1 heterocycles. The van der Waals surface area contributed by atoms with Gasteiger partial charge in [-0.2, -0.15) is 0 Å². The lowest BCUT2D eigenvalue weighted by Crippen LogP contribution is -2.17. The Labute approximate surface area is 172 Å². The van der Waals surface area contributed by atoms with E-state index in [1.54, 1.807) is 32.4 Å². The molecule has 2 aromatic rings. The number of methoxy groups -OCH3 is 2. The first-order chi connectivity index (χ1) is 13.6. The highest BCUT2D eigenvalue weighted by Crippen LogP contribution is 2.32. The van der Waals surface area contributed by atoms with Crippen molar-refractivity contribution in [3.63, 3.8) is 0 Å². The molecule has 0 unspecified atom stereocenters. The third-order valence-corrected chi connectivity index (χ3v) is 4.96. The van der Waals surface area contributed by atoms with Crippen LogP contribution in [0.5, 0.6) is 23.0 Å². The van der Waals surface area contributed by atoms with Crippen LogP contribution in [0.3, 0.4) is 0 Å². The van der Waals surface area contributed by atoms with E-state index in [0.717, 1.165) is 5.56 Å². The fourth-order valence-corrected chi connectivity index (χ4v) is 3.55. The third-order valence-electron chi connectivity index (χ3n) is 3.80. The molecule has 1 fully saturated rings. The number of hydrogen-bond donors (Lipinski definition) is 1. The minimum Gasteiger partial charge on any atom is -0.493 e. The van der Waals surface area contributed by atoms with Gasteiger partial charge in [0.1, 0.15) is 17.5 Å². The zero-order chi connectivity index (χ0) is 19.9. The molecule has 3 rings (SSSR count). The Morgan fingerprint density at radius 1 is 0.964 bits per heavy atom. The van der Waals surface area contributed by atoms with Crippen LogP contribution in [0.4, 0.5) is 0 Å². The predicted octanol–water partition coefficient (Wildman–Crippen LogP) is 3.65. The molecule has 2 aromatic carbocycles. The molecule has 0 radical (unpaired) electrons. The van der Waals surface area contributed by atoms with Crippen molar-refractivity contribution in [2.75, 3.05) is 27.4 Å². The van der Waals surface area contributed by atoms with Gasteiger partial charge < -0.3 is 24.3 Å². The Morgan fingerprint density at radius 3 is 2.21 bits per heavy atom. The Bertz CT molecular complexity index is 913. The first-order valence-corrected chi connectivity index (χ1v) is 9.64. The van der Waals surface area contributed by atoms with Gasteiger partial charge in [-0.3, -0.25) is 4.79 Å². The maximum atomic E-state index is 11.8. The second-order valence-electron chi connectivity index (χ2n) is 5.61. The second kappa shape index (κ2) is 9.48. The molecule has 146 valence electrons. The number of para-hydroxylation sites is 2. The highest BCUT2D eigenvalue weighted by atomic mass is 32.2. The summed E-state index contributed by atoms with van der Waals surface area (Å²) in [5.41, 5.74) is 0.817. The molecule has 1 N–H and O–H groups in total. The standard InChI is InChI=1S/C20H19NO5S2/c1-23-14-5-3-4-6-15(14)25-9-10-26-16-8-7-13(11-17(16)24-2)12-18-19(22)21-20(27)28-18/h3-8,11-12H,9-10H2,1-2H3,(H,21,22,27)/b18-12-. The van der Waals surface area contributed by atoms with E-state index < -0.39 is 0 Å². The highest BCUT2D eigenvalue weighted by Gasteiger charge is 2.22. The van der Waals surface area contributed by atoms with Gasteiger partial charge in [0, 0.05) is 0 Å². The minimum absolute atomic E-state index is 0.192. The summed E-state index contributed by atoms with van der Waals surface area (Å²) in [7, 11) is 3.16. The summed E-state index contributed by atoms with van der Waals surface area (Å²) in [6.45, 7) is 0.685. The molecule has 0 aliphatic carbocycles. The largest absolute Gasteiger partial charge is 0.493 e. The van der Waals surface area contributed by atoms with Gasteiger partial charge in [0.2, 0.25) is 0 Å². The third kappa shape index (κ3) is 4.96. The quantitative estimate of drug-likeness (QED) is 0.399. The monoisotopic (exact) mass is 417 g/mol. The van der Waals surface area contributed by atoms with E-state index >= 15 is 0 Å². The topological polar surface area (TPSA) is 66.0 Å². The van der Waals surface area contributed by atoms with Gasteiger partial charge in [0.25, 0.3) is 5.91 Å². The van der Waals surface area contributed by atoms with Crippen molar-refractivity contribution in [1.29, 1.82) is 0 Å². The molecule has 1 saturated heterocycles. The van der Waals surface area contributed by atoms with E-state index in [1.165, 1.54) is 11.8 Å². The minimum atomic E-state index is -0.192. The number of nitrogens with one attached hydrogen (secondary N) is 1. The van der Waals surface area contributed by atoms with E-state index in [1.807, 2.05) is 30.3 Å². The molecular weight excluding hydrogens is 398 g/mol. The van der Waals surface area contributed by atoms with Crippen molar-refractivity contribution < 1.29 is 23.7 Å². The number of thioether (sulfide) groups is 1. The van der Waals surface area contributed by atoms with Crippen LogP contribution in [0.25, 0.3) is 6.08 Å². The molecule has 8 heteroatoms. The summed E-state index contributed by atoms with van der Waals surface area (Å²) >= 11 is 6.23. The molecule has 0 saturated carbocycles. The highest BCUT2D eigenvalue weighted by molar-refractivity contribution is 8.26. The maximum absolute atomic E-state index is 11.8. The zero-order valence-electron chi connectivity index (χ0n) is 15.4. The second-order valence-corrected chi connectivity index (χ2v) is 7.33. The van der Waals surface area contributed by atoms with Crippen molar-refractivity contribution in [3.8, 4) is 23.0 Å². The van der Waals surface area contributed by atoms with Crippen molar-refractivity contribution in [3.05, 3.63) is 52.9 Å². The van der Waals surface area contributed by atoms with Crippen molar-refractivity contribution in [2.24, 2.45) is 0 Å². The Balaban J connectivity index is 1.61. The first-order valence-electron chi connectivity index (χ1n) is 8.42. The summed E-state index contributed by atoms with van der Waals surface area (Å²) < 4.78 is 22.6. The number of amides is 1. The lowest BCUT2D eigenvalue weighted by atomic mass is 10.2. The van der Waals surface area contributed by atoms with E-state index in [4.69, 9.17) is 31.2 Å². The summed E-state index contributed by atoms with van der Waals surface area (Å²) in [5.74, 6) is 2.30. The van der Waals surface area contributed by atoms with Crippen molar-refractivity contribution >= 4 is 40.3 Å². The molecule has 1 amide bonds. The normalized spacial score (nSPS) is 14.7. The van der Waals surface area contributed by atoms with E-state index in [0.29, 0.717) is 45.4 Å². The average Bonchev–Trinajstić information content (AvgIpc) is 3.02. The number of hydrogen-bond acceptors (Lipinski definition) is 7. The molecule has 0 bridgehead atoms. The predicted molar refractivity (Wildman–Crippen MR) is 113 cm³/mol. The van der Waals surface area contributed by atoms with Crippen LogP contribution in [0.1, 0.15) is 5.56 Å². The molecular formula is C20H19NO5S2. The van der Waals surface area contributed by atoms with Gasteiger partial charge in [0.05, 0.1) is 19.1 Å². The van der Waals surface area contributed by atoms with E-state index in [9.17, 15) is 4.79 Å². The number of carbonyl (C=O) groups excluding carboxylic acids is 1. The molecule has 0 spiro atoms. The zero-order valence-corrected chi connectivity index (χ0v) is 17.0. The lowest BCUT2D eigenvalue weighted by Gasteiger charge is -2.13. The lowest BCUT2D eigenvalue weighted by molar-refractivity contribution is -0.115. The Hall–Kier alpha value is -2.71. The van der Waals surface area contributed by atoms with Crippen LogP contribution in [-0.4, -0.2) is 37.7 Å². The molecule has 6 nitrogen and oxygen atoms in total. The fourth-order valence-electron chi connectivity index (χ4n) is 2.51. The number of benzene rings is 2. The smallest absolute Gasteiger partial charge is 0.263 e. The molecule has 0 aromatic heterocycles. The van der Waals surface area contributed by atoms with Crippen LogP contribution in [-0.2, 0) is 4.79 Å². The van der Waals surface area contributed by atoms with Crippen LogP contribution >= 0.6 is 24.0 Å². The molecule has 1 aliphatic heterocycles. The summed E-state index contributed by atoms with van der Waals surface area (Å²) in [6, 6.07) is 12.9. The van der Waals surface area contributed by atoms with Gasteiger partial charge in [-0.1, -0.05) is 42.2 Å². The van der Waals surface area contributed by atoms with Crippen LogP contribution in [0, 0.1) is 0 Å². The Kier molecular flexibility index (Phi) is 6.78. The molecule has 28 heavy (non-hydrogen) atoms. The van der Waals surface area contributed by atoms with Crippen LogP contribution < -0.4 is 24.3 Å². The summed E-state index contributed by atoms with van der Waals surface area (Å²) in [6.07, 6.45) is 1.76. The number of thiocarbonyl (C=S) groups is 1. The fraction of sp³-hybridized carbons (Fsp3) is 0.200. The number of carbonyl (C=O) groups is 1. The van der Waals surface area contributed by atoms with Crippen LogP contribution in [0.2, 0.25) is 0 Å². The molecule has 1 aliphatic rings. The van der Waals surface area contributed by atoms with Gasteiger partial charge in [-0.25, -0.2) is 0 Å². The van der Waals surface area contributed by atoms with Crippen LogP contribution in [0.15, 0.2) is 47.4 Å². The molecule has 0 atom stereocenters. The average molecular weight is 418 g/mol. The number of ether oxygens (including phenoxy) is 4. The van der Waals surface area contributed by atoms with Gasteiger partial charge in [0.15, 0.2) is 23.0 Å². The first kappa shape index (κ1) is 20.0. The maximum Gasteiger partial charge on any atom is 0.263 e. The van der Waals surface area contributed by atoms with E-state index in [-0.39, 0.29) is 5.91 Å². The summed E-state index contributed by atoms with van der Waals surface area (Å²) in [4.78, 5) is 12.3.